The van der Waals surface area contributed by atoms with E-state index in [1.54, 1.807) is 11.9 Å². The van der Waals surface area contributed by atoms with Crippen molar-refractivity contribution in [3.63, 3.8) is 0 Å². The van der Waals surface area contributed by atoms with Crippen LogP contribution < -0.4 is 14.4 Å². The lowest BCUT2D eigenvalue weighted by molar-refractivity contribution is 0.0697. The molecule has 0 amide bonds. The first kappa shape index (κ1) is 20.5. The summed E-state index contributed by atoms with van der Waals surface area (Å²) in [5.74, 6) is -0.349. The van der Waals surface area contributed by atoms with Crippen molar-refractivity contribution >= 4 is 27.5 Å². The van der Waals surface area contributed by atoms with Crippen LogP contribution in [0.3, 0.4) is 0 Å². The quantitative estimate of drug-likeness (QED) is 0.674. The summed E-state index contributed by atoms with van der Waals surface area (Å²) >= 11 is 0. The van der Waals surface area contributed by atoms with Crippen molar-refractivity contribution in [1.82, 2.24) is 4.98 Å². The number of unbranched alkanes of at least 4 members (excludes halogenated alkanes) is 1. The fraction of sp³-hybridized carbons (Fsp3) is 0.333. The summed E-state index contributed by atoms with van der Waals surface area (Å²) in [6.07, 6.45) is 3.17. The molecule has 0 radical (unpaired) electrons. The van der Waals surface area contributed by atoms with Gasteiger partial charge in [-0.1, -0.05) is 13.3 Å². The summed E-state index contributed by atoms with van der Waals surface area (Å²) < 4.78 is 32.4. The number of aromatic nitrogens is 1. The van der Waals surface area contributed by atoms with E-state index in [0.29, 0.717) is 18.1 Å². The molecular formula is C18H23N3O5S. The number of sulfonamides is 1. The van der Waals surface area contributed by atoms with Crippen molar-refractivity contribution < 1.29 is 23.1 Å². The minimum absolute atomic E-state index is 0.0318. The lowest BCUT2D eigenvalue weighted by Crippen LogP contribution is -2.23. The van der Waals surface area contributed by atoms with E-state index in [-0.39, 0.29) is 16.1 Å². The average molecular weight is 393 g/mol. The molecule has 2 N–H and O–H groups in total. The smallest absolute Gasteiger partial charge is 0.339 e. The van der Waals surface area contributed by atoms with E-state index in [9.17, 15) is 18.3 Å². The van der Waals surface area contributed by atoms with Crippen LogP contribution in [0.1, 0.15) is 30.1 Å². The minimum Gasteiger partial charge on any atom is -0.497 e. The van der Waals surface area contributed by atoms with Crippen LogP contribution in [-0.4, -0.2) is 45.2 Å². The number of methoxy groups -OCH3 is 1. The van der Waals surface area contributed by atoms with E-state index in [2.05, 4.69) is 9.71 Å². The molecule has 1 heterocycles. The molecule has 2 rings (SSSR count). The Morgan fingerprint density at radius 2 is 1.96 bits per heavy atom. The Hall–Kier alpha value is -2.81. The monoisotopic (exact) mass is 393 g/mol. The molecule has 0 fully saturated rings. The molecule has 146 valence electrons. The standard InChI is InChI=1S/C18H23N3O5S/c1-4-5-10-21(2)17-16(18(22)23)11-13(12-19-17)20-27(24,25)15-8-6-14(26-3)7-9-15/h6-9,11-12,20H,4-5,10H2,1-3H3,(H,22,23). The number of aromatic carboxylic acids is 1. The van der Waals surface area contributed by atoms with Gasteiger partial charge in [-0.25, -0.2) is 18.2 Å². The molecule has 1 aromatic carbocycles. The number of hydrogen-bond donors (Lipinski definition) is 2. The number of anilines is 2. The Labute approximate surface area is 158 Å². The van der Waals surface area contributed by atoms with Crippen LogP contribution in [0.15, 0.2) is 41.4 Å². The second kappa shape index (κ2) is 8.72. The summed E-state index contributed by atoms with van der Waals surface area (Å²) in [6, 6.07) is 7.13. The number of rotatable bonds is 9. The molecule has 0 aliphatic rings. The first-order chi connectivity index (χ1) is 12.8. The Balaban J connectivity index is 2.30. The zero-order chi connectivity index (χ0) is 20.0. The number of carboxylic acids is 1. The van der Waals surface area contributed by atoms with Crippen molar-refractivity contribution in [2.75, 3.05) is 30.3 Å². The fourth-order valence-electron chi connectivity index (χ4n) is 2.45. The van der Waals surface area contributed by atoms with Gasteiger partial charge in [0.2, 0.25) is 0 Å². The lowest BCUT2D eigenvalue weighted by Gasteiger charge is -2.20. The zero-order valence-electron chi connectivity index (χ0n) is 15.5. The van der Waals surface area contributed by atoms with Crippen LogP contribution in [0.5, 0.6) is 5.75 Å². The Kier molecular flexibility index (Phi) is 6.62. The van der Waals surface area contributed by atoms with E-state index in [0.717, 1.165) is 12.8 Å². The van der Waals surface area contributed by atoms with E-state index < -0.39 is 16.0 Å². The maximum absolute atomic E-state index is 12.5. The molecule has 2 aromatic rings. The number of carbonyl (C=O) groups is 1. The van der Waals surface area contributed by atoms with Gasteiger partial charge in [0.1, 0.15) is 17.1 Å². The Morgan fingerprint density at radius 1 is 1.30 bits per heavy atom. The predicted octanol–water partition coefficient (Wildman–Crippen LogP) is 2.83. The highest BCUT2D eigenvalue weighted by molar-refractivity contribution is 7.92. The van der Waals surface area contributed by atoms with Gasteiger partial charge in [0.15, 0.2) is 0 Å². The van der Waals surface area contributed by atoms with Crippen LogP contribution in [0.4, 0.5) is 11.5 Å². The van der Waals surface area contributed by atoms with Crippen molar-refractivity contribution in [2.24, 2.45) is 0 Å². The van der Waals surface area contributed by atoms with Gasteiger partial charge in [0.05, 0.1) is 23.9 Å². The summed E-state index contributed by atoms with van der Waals surface area (Å²) in [6.45, 7) is 2.69. The number of nitrogens with one attached hydrogen (secondary N) is 1. The number of ether oxygens (including phenoxy) is 1. The maximum atomic E-state index is 12.5. The highest BCUT2D eigenvalue weighted by Crippen LogP contribution is 2.24. The zero-order valence-corrected chi connectivity index (χ0v) is 16.3. The first-order valence-electron chi connectivity index (χ1n) is 8.40. The second-order valence-corrected chi connectivity index (χ2v) is 7.64. The van der Waals surface area contributed by atoms with Crippen molar-refractivity contribution in [3.05, 3.63) is 42.1 Å². The normalized spacial score (nSPS) is 11.1. The number of benzene rings is 1. The molecular weight excluding hydrogens is 370 g/mol. The van der Waals surface area contributed by atoms with Gasteiger partial charge >= 0.3 is 5.97 Å². The molecule has 0 aliphatic heterocycles. The summed E-state index contributed by atoms with van der Waals surface area (Å²) in [7, 11) is -0.638. The van der Waals surface area contributed by atoms with Gasteiger partial charge in [-0.05, 0) is 36.8 Å². The SMILES string of the molecule is CCCCN(C)c1ncc(NS(=O)(=O)c2ccc(OC)cc2)cc1C(=O)O. The number of nitrogens with zero attached hydrogens (tertiary/aromatic N) is 2. The van der Waals surface area contributed by atoms with Gasteiger partial charge in [-0.3, -0.25) is 4.72 Å². The molecule has 9 heteroatoms. The average Bonchev–Trinajstić information content (AvgIpc) is 2.65. The molecule has 0 spiro atoms. The van der Waals surface area contributed by atoms with E-state index >= 15 is 0 Å². The highest BCUT2D eigenvalue weighted by atomic mass is 32.2. The molecule has 1 aromatic heterocycles. The van der Waals surface area contributed by atoms with Gasteiger partial charge in [-0.2, -0.15) is 0 Å². The van der Waals surface area contributed by atoms with Crippen molar-refractivity contribution in [1.29, 1.82) is 0 Å². The maximum Gasteiger partial charge on any atom is 0.339 e. The highest BCUT2D eigenvalue weighted by Gasteiger charge is 2.19. The number of pyridine rings is 1. The fourth-order valence-corrected chi connectivity index (χ4v) is 3.48. The van der Waals surface area contributed by atoms with Crippen molar-refractivity contribution in [3.8, 4) is 5.75 Å². The van der Waals surface area contributed by atoms with E-state index in [4.69, 9.17) is 4.74 Å². The van der Waals surface area contributed by atoms with Crippen LogP contribution in [-0.2, 0) is 10.0 Å². The van der Waals surface area contributed by atoms with Gasteiger partial charge in [-0.15, -0.1) is 0 Å². The topological polar surface area (TPSA) is 109 Å². The van der Waals surface area contributed by atoms with Crippen LogP contribution in [0, 0.1) is 0 Å². The molecule has 0 saturated heterocycles. The van der Waals surface area contributed by atoms with Crippen molar-refractivity contribution in [2.45, 2.75) is 24.7 Å². The summed E-state index contributed by atoms with van der Waals surface area (Å²) in [4.78, 5) is 17.5. The predicted molar refractivity (Wildman–Crippen MR) is 103 cm³/mol. The second-order valence-electron chi connectivity index (χ2n) is 5.96. The van der Waals surface area contributed by atoms with Crippen LogP contribution >= 0.6 is 0 Å². The Morgan fingerprint density at radius 3 is 2.52 bits per heavy atom. The number of carboxylic acid groups (broad SMARTS) is 1. The third kappa shape index (κ3) is 5.10. The van der Waals surface area contributed by atoms with E-state index in [1.165, 1.54) is 43.6 Å². The van der Waals surface area contributed by atoms with Gasteiger partial charge < -0.3 is 14.7 Å². The van der Waals surface area contributed by atoms with Gasteiger partial charge in [0, 0.05) is 13.6 Å². The van der Waals surface area contributed by atoms with E-state index in [1.807, 2.05) is 6.92 Å². The minimum atomic E-state index is -3.88. The molecule has 27 heavy (non-hydrogen) atoms. The molecule has 0 bridgehead atoms. The van der Waals surface area contributed by atoms with Crippen LogP contribution in [0.25, 0.3) is 0 Å². The third-order valence-corrected chi connectivity index (χ3v) is 5.32. The third-order valence-electron chi connectivity index (χ3n) is 3.93. The van der Waals surface area contributed by atoms with Gasteiger partial charge in [0.25, 0.3) is 10.0 Å². The largest absolute Gasteiger partial charge is 0.497 e. The lowest BCUT2D eigenvalue weighted by atomic mass is 10.2. The first-order valence-corrected chi connectivity index (χ1v) is 9.88. The molecule has 8 nitrogen and oxygen atoms in total. The molecule has 0 saturated carbocycles. The summed E-state index contributed by atoms with van der Waals surface area (Å²) in [5.41, 5.74) is 0.0133. The van der Waals surface area contributed by atoms with Crippen LogP contribution in [0.2, 0.25) is 0 Å². The Bertz CT molecular complexity index is 898. The summed E-state index contributed by atoms with van der Waals surface area (Å²) in [5, 5.41) is 9.48. The number of hydrogen-bond acceptors (Lipinski definition) is 6. The molecule has 0 atom stereocenters. The molecule has 0 unspecified atom stereocenters. The molecule has 0 aliphatic carbocycles.